The average molecular weight is 308 g/mol. The van der Waals surface area contributed by atoms with E-state index in [0.29, 0.717) is 6.29 Å². The molecule has 0 aromatic heterocycles. The number of carbonyl (C=O) groups is 3. The third-order valence-corrected chi connectivity index (χ3v) is 2.43. The molecule has 0 bridgehead atoms. The molecule has 7 nitrogen and oxygen atoms in total. The number of allylic oxidation sites excluding steroid dienone is 1. The molecule has 0 amide bonds. The largest absolute Gasteiger partial charge is 0.487 e. The molecule has 7 heteroatoms. The molecule has 0 spiro atoms. The first-order chi connectivity index (χ1) is 10.6. The van der Waals surface area contributed by atoms with Crippen LogP contribution in [0.2, 0.25) is 0 Å². The van der Waals surface area contributed by atoms with Crippen LogP contribution < -0.4 is 0 Å². The SMILES string of the molecule is C=C(C=O)OCCOC(=O)c1ccccc1C(=O)OCCO. The number of rotatable bonds is 9. The van der Waals surface area contributed by atoms with Crippen LogP contribution in [0, 0.1) is 0 Å². The summed E-state index contributed by atoms with van der Waals surface area (Å²) in [5.41, 5.74) is 0.0822. The van der Waals surface area contributed by atoms with Gasteiger partial charge in [0, 0.05) is 0 Å². The summed E-state index contributed by atoms with van der Waals surface area (Å²) in [5.74, 6) is -1.52. The van der Waals surface area contributed by atoms with Gasteiger partial charge in [-0.1, -0.05) is 18.7 Å². The van der Waals surface area contributed by atoms with E-state index in [-0.39, 0.29) is 43.3 Å². The molecule has 1 N–H and O–H groups in total. The van der Waals surface area contributed by atoms with E-state index in [0.717, 1.165) is 0 Å². The van der Waals surface area contributed by atoms with Crippen LogP contribution in [0.5, 0.6) is 0 Å². The van der Waals surface area contributed by atoms with Crippen molar-refractivity contribution < 1.29 is 33.7 Å². The molecule has 1 aromatic rings. The van der Waals surface area contributed by atoms with Crippen molar-refractivity contribution in [3.8, 4) is 0 Å². The Morgan fingerprint density at radius 2 is 1.50 bits per heavy atom. The van der Waals surface area contributed by atoms with Crippen LogP contribution in [-0.4, -0.2) is 49.8 Å². The van der Waals surface area contributed by atoms with Gasteiger partial charge in [-0.3, -0.25) is 4.79 Å². The van der Waals surface area contributed by atoms with Gasteiger partial charge in [0.2, 0.25) is 0 Å². The second-order valence-corrected chi connectivity index (χ2v) is 3.97. The van der Waals surface area contributed by atoms with Crippen molar-refractivity contribution in [2.75, 3.05) is 26.4 Å². The Morgan fingerprint density at radius 3 is 2.00 bits per heavy atom. The number of ether oxygens (including phenoxy) is 3. The maximum Gasteiger partial charge on any atom is 0.339 e. The molecule has 0 atom stereocenters. The van der Waals surface area contributed by atoms with Gasteiger partial charge in [0.1, 0.15) is 19.8 Å². The Morgan fingerprint density at radius 1 is 1.00 bits per heavy atom. The first kappa shape index (κ1) is 17.4. The molecule has 0 radical (unpaired) electrons. The standard InChI is InChI=1S/C15H16O7/c1-11(10-17)20-8-9-22-15(19)13-5-3-2-4-12(13)14(18)21-7-6-16/h2-5,10,16H,1,6-9H2. The lowest BCUT2D eigenvalue weighted by Gasteiger charge is -2.09. The topological polar surface area (TPSA) is 99.1 Å². The van der Waals surface area contributed by atoms with E-state index in [1.54, 1.807) is 12.1 Å². The molecule has 0 aliphatic carbocycles. The van der Waals surface area contributed by atoms with Crippen LogP contribution >= 0.6 is 0 Å². The number of aldehydes is 1. The summed E-state index contributed by atoms with van der Waals surface area (Å²) in [7, 11) is 0. The van der Waals surface area contributed by atoms with Crippen molar-refractivity contribution in [2.45, 2.75) is 0 Å². The minimum atomic E-state index is -0.729. The van der Waals surface area contributed by atoms with Crippen LogP contribution in [-0.2, 0) is 19.0 Å². The zero-order valence-electron chi connectivity index (χ0n) is 11.8. The monoisotopic (exact) mass is 308 g/mol. The molecule has 0 unspecified atom stereocenters. The highest BCUT2D eigenvalue weighted by Crippen LogP contribution is 2.12. The van der Waals surface area contributed by atoms with Gasteiger partial charge >= 0.3 is 11.9 Å². The molecule has 22 heavy (non-hydrogen) atoms. The number of hydrogen-bond donors (Lipinski definition) is 1. The first-order valence-electron chi connectivity index (χ1n) is 6.41. The van der Waals surface area contributed by atoms with Gasteiger partial charge in [-0.25, -0.2) is 9.59 Å². The molecule has 0 fully saturated rings. The van der Waals surface area contributed by atoms with Crippen LogP contribution in [0.15, 0.2) is 36.6 Å². The Balaban J connectivity index is 2.63. The molecule has 0 aliphatic heterocycles. The number of aliphatic hydroxyl groups excluding tert-OH is 1. The maximum atomic E-state index is 11.9. The Kier molecular flexibility index (Phi) is 7.35. The number of carbonyl (C=O) groups excluding carboxylic acids is 3. The van der Waals surface area contributed by atoms with Crippen LogP contribution in [0.25, 0.3) is 0 Å². The predicted octanol–water partition coefficient (Wildman–Crippen LogP) is 0.722. The second-order valence-electron chi connectivity index (χ2n) is 3.97. The van der Waals surface area contributed by atoms with E-state index in [1.807, 2.05) is 0 Å². The highest BCUT2D eigenvalue weighted by Gasteiger charge is 2.18. The van der Waals surface area contributed by atoms with E-state index >= 15 is 0 Å². The molecule has 0 heterocycles. The van der Waals surface area contributed by atoms with E-state index in [9.17, 15) is 14.4 Å². The fourth-order valence-corrected chi connectivity index (χ4v) is 1.47. The minimum Gasteiger partial charge on any atom is -0.487 e. The normalized spacial score (nSPS) is 9.68. The smallest absolute Gasteiger partial charge is 0.339 e. The summed E-state index contributed by atoms with van der Waals surface area (Å²) in [4.78, 5) is 34.0. The van der Waals surface area contributed by atoms with Crippen molar-refractivity contribution in [3.05, 3.63) is 47.7 Å². The van der Waals surface area contributed by atoms with E-state index in [4.69, 9.17) is 19.3 Å². The highest BCUT2D eigenvalue weighted by atomic mass is 16.6. The molecule has 0 saturated heterocycles. The average Bonchev–Trinajstić information content (AvgIpc) is 2.55. The summed E-state index contributed by atoms with van der Waals surface area (Å²) >= 11 is 0. The third kappa shape index (κ3) is 5.37. The van der Waals surface area contributed by atoms with Crippen molar-refractivity contribution >= 4 is 18.2 Å². The van der Waals surface area contributed by atoms with Crippen molar-refractivity contribution in [1.82, 2.24) is 0 Å². The quantitative estimate of drug-likeness (QED) is 0.236. The van der Waals surface area contributed by atoms with E-state index in [1.165, 1.54) is 12.1 Å². The first-order valence-corrected chi connectivity index (χ1v) is 6.41. The number of hydrogen-bond acceptors (Lipinski definition) is 7. The van der Waals surface area contributed by atoms with Crippen molar-refractivity contribution in [3.63, 3.8) is 0 Å². The molecule has 0 aliphatic rings. The zero-order chi connectivity index (χ0) is 16.4. The highest BCUT2D eigenvalue weighted by molar-refractivity contribution is 6.03. The van der Waals surface area contributed by atoms with Gasteiger partial charge in [-0.2, -0.15) is 0 Å². The molecule has 118 valence electrons. The number of benzene rings is 1. The maximum absolute atomic E-state index is 11.9. The van der Waals surface area contributed by atoms with Gasteiger partial charge < -0.3 is 19.3 Å². The van der Waals surface area contributed by atoms with Gasteiger partial charge in [0.25, 0.3) is 0 Å². The lowest BCUT2D eigenvalue weighted by atomic mass is 10.1. The Bertz CT molecular complexity index is 551. The summed E-state index contributed by atoms with van der Waals surface area (Å²) in [6, 6.07) is 5.98. The van der Waals surface area contributed by atoms with E-state index in [2.05, 4.69) is 6.58 Å². The third-order valence-electron chi connectivity index (χ3n) is 2.43. The van der Waals surface area contributed by atoms with Crippen LogP contribution in [0.4, 0.5) is 0 Å². The molecular weight excluding hydrogens is 292 g/mol. The Hall–Kier alpha value is -2.67. The number of aliphatic hydroxyl groups is 1. The summed E-state index contributed by atoms with van der Waals surface area (Å²) in [6.07, 6.45) is 0.439. The Labute approximate surface area is 127 Å². The second kappa shape index (κ2) is 9.30. The van der Waals surface area contributed by atoms with Crippen LogP contribution in [0.3, 0.4) is 0 Å². The van der Waals surface area contributed by atoms with Gasteiger partial charge in [0.05, 0.1) is 17.7 Å². The molecular formula is C15H16O7. The number of esters is 2. The van der Waals surface area contributed by atoms with Gasteiger partial charge in [0.15, 0.2) is 12.0 Å². The zero-order valence-corrected chi connectivity index (χ0v) is 11.8. The molecule has 0 saturated carbocycles. The fraction of sp³-hybridized carbons (Fsp3) is 0.267. The van der Waals surface area contributed by atoms with Gasteiger partial charge in [-0.15, -0.1) is 0 Å². The van der Waals surface area contributed by atoms with E-state index < -0.39 is 11.9 Å². The molecule has 1 aromatic carbocycles. The van der Waals surface area contributed by atoms with Gasteiger partial charge in [-0.05, 0) is 12.1 Å². The van der Waals surface area contributed by atoms with Crippen molar-refractivity contribution in [2.24, 2.45) is 0 Å². The summed E-state index contributed by atoms with van der Waals surface area (Å²) in [5, 5.41) is 8.63. The predicted molar refractivity (Wildman–Crippen MR) is 75.2 cm³/mol. The summed E-state index contributed by atoms with van der Waals surface area (Å²) in [6.45, 7) is 2.70. The fourth-order valence-electron chi connectivity index (χ4n) is 1.47. The lowest BCUT2D eigenvalue weighted by molar-refractivity contribution is -0.107. The minimum absolute atomic E-state index is 0.0273. The van der Waals surface area contributed by atoms with Crippen LogP contribution in [0.1, 0.15) is 20.7 Å². The molecule has 1 rings (SSSR count). The van der Waals surface area contributed by atoms with Crippen molar-refractivity contribution in [1.29, 1.82) is 0 Å². The summed E-state index contributed by atoms with van der Waals surface area (Å²) < 4.78 is 14.6. The lowest BCUT2D eigenvalue weighted by Crippen LogP contribution is -2.17.